The van der Waals surface area contributed by atoms with E-state index < -0.39 is 0 Å². The van der Waals surface area contributed by atoms with Crippen molar-refractivity contribution >= 4 is 39.0 Å². The van der Waals surface area contributed by atoms with E-state index in [2.05, 4.69) is 35.7 Å². The SMILES string of the molecule is Fc1ccc(N2CCN(c3nc(Cl)ncc3Br)CC2)cc1. The zero-order valence-corrected chi connectivity index (χ0v) is 13.5. The minimum atomic E-state index is -0.211. The van der Waals surface area contributed by atoms with Gasteiger partial charge < -0.3 is 9.80 Å². The van der Waals surface area contributed by atoms with Crippen molar-refractivity contribution < 1.29 is 4.39 Å². The smallest absolute Gasteiger partial charge is 0.224 e. The van der Waals surface area contributed by atoms with Gasteiger partial charge in [0.2, 0.25) is 5.28 Å². The topological polar surface area (TPSA) is 32.3 Å². The lowest BCUT2D eigenvalue weighted by atomic mass is 10.2. The molecule has 0 amide bonds. The number of aromatic nitrogens is 2. The van der Waals surface area contributed by atoms with Crippen LogP contribution in [0.25, 0.3) is 0 Å². The Bertz CT molecular complexity index is 629. The first-order valence-electron chi connectivity index (χ1n) is 6.57. The van der Waals surface area contributed by atoms with E-state index >= 15 is 0 Å². The van der Waals surface area contributed by atoms with Crippen LogP contribution in [0.1, 0.15) is 0 Å². The molecule has 0 saturated carbocycles. The van der Waals surface area contributed by atoms with E-state index in [1.54, 1.807) is 6.20 Å². The van der Waals surface area contributed by atoms with E-state index in [0.29, 0.717) is 0 Å². The third-order valence-corrected chi connectivity index (χ3v) is 4.21. The van der Waals surface area contributed by atoms with E-state index in [1.807, 2.05) is 12.1 Å². The molecule has 1 aliphatic heterocycles. The highest BCUT2D eigenvalue weighted by molar-refractivity contribution is 9.10. The fraction of sp³-hybridized carbons (Fsp3) is 0.286. The number of anilines is 2. The molecule has 4 nitrogen and oxygen atoms in total. The summed E-state index contributed by atoms with van der Waals surface area (Å²) in [5.74, 6) is 0.603. The molecule has 2 heterocycles. The predicted molar refractivity (Wildman–Crippen MR) is 85.6 cm³/mol. The van der Waals surface area contributed by atoms with Crippen molar-refractivity contribution in [2.45, 2.75) is 0 Å². The maximum absolute atomic E-state index is 13.0. The van der Waals surface area contributed by atoms with Gasteiger partial charge in [0.1, 0.15) is 11.6 Å². The Kier molecular flexibility index (Phi) is 4.26. The van der Waals surface area contributed by atoms with Gasteiger partial charge in [-0.25, -0.2) is 9.37 Å². The van der Waals surface area contributed by atoms with E-state index in [9.17, 15) is 4.39 Å². The summed E-state index contributed by atoms with van der Waals surface area (Å²) in [6, 6.07) is 6.59. The quantitative estimate of drug-likeness (QED) is 0.758. The Balaban J connectivity index is 1.70. The highest BCUT2D eigenvalue weighted by atomic mass is 79.9. The van der Waals surface area contributed by atoms with Crippen molar-refractivity contribution in [3.8, 4) is 0 Å². The molecule has 2 aromatic rings. The second kappa shape index (κ2) is 6.15. The molecule has 3 rings (SSSR count). The van der Waals surface area contributed by atoms with E-state index in [-0.39, 0.29) is 11.1 Å². The summed E-state index contributed by atoms with van der Waals surface area (Å²) < 4.78 is 13.8. The van der Waals surface area contributed by atoms with Crippen LogP contribution >= 0.6 is 27.5 Å². The number of hydrogen-bond donors (Lipinski definition) is 0. The Hall–Kier alpha value is -1.40. The van der Waals surface area contributed by atoms with Crippen LogP contribution < -0.4 is 9.80 Å². The van der Waals surface area contributed by atoms with Crippen molar-refractivity contribution in [3.05, 3.63) is 46.0 Å². The average molecular weight is 372 g/mol. The van der Waals surface area contributed by atoms with Gasteiger partial charge in [0.05, 0.1) is 4.47 Å². The van der Waals surface area contributed by atoms with Crippen LogP contribution in [0.5, 0.6) is 0 Å². The van der Waals surface area contributed by atoms with Crippen LogP contribution in [0.2, 0.25) is 5.28 Å². The van der Waals surface area contributed by atoms with Crippen LogP contribution in [0.3, 0.4) is 0 Å². The molecule has 0 N–H and O–H groups in total. The van der Waals surface area contributed by atoms with Crippen LogP contribution in [-0.4, -0.2) is 36.1 Å². The molecule has 110 valence electrons. The third kappa shape index (κ3) is 3.27. The predicted octanol–water partition coefficient (Wildman–Crippen LogP) is 3.36. The molecule has 0 bridgehead atoms. The minimum Gasteiger partial charge on any atom is -0.368 e. The highest BCUT2D eigenvalue weighted by Gasteiger charge is 2.20. The molecule has 1 saturated heterocycles. The Morgan fingerprint density at radius 1 is 1.05 bits per heavy atom. The van der Waals surface area contributed by atoms with E-state index in [4.69, 9.17) is 11.6 Å². The number of nitrogens with zero attached hydrogens (tertiary/aromatic N) is 4. The summed E-state index contributed by atoms with van der Waals surface area (Å²) in [6.07, 6.45) is 1.66. The Morgan fingerprint density at radius 2 is 1.67 bits per heavy atom. The maximum Gasteiger partial charge on any atom is 0.224 e. The van der Waals surface area contributed by atoms with Crippen molar-refractivity contribution in [1.29, 1.82) is 0 Å². The maximum atomic E-state index is 13.0. The molecule has 0 unspecified atom stereocenters. The van der Waals surface area contributed by atoms with Gasteiger partial charge in [-0.1, -0.05) is 0 Å². The van der Waals surface area contributed by atoms with Crippen LogP contribution in [0.15, 0.2) is 34.9 Å². The number of rotatable bonds is 2. The number of benzene rings is 1. The monoisotopic (exact) mass is 370 g/mol. The van der Waals surface area contributed by atoms with Gasteiger partial charge in [0.15, 0.2) is 0 Å². The van der Waals surface area contributed by atoms with Gasteiger partial charge in [0.25, 0.3) is 0 Å². The largest absolute Gasteiger partial charge is 0.368 e. The molecular formula is C14H13BrClFN4. The fourth-order valence-electron chi connectivity index (χ4n) is 2.39. The Labute approximate surface area is 135 Å². The number of hydrogen-bond acceptors (Lipinski definition) is 4. The van der Waals surface area contributed by atoms with E-state index in [1.165, 1.54) is 12.1 Å². The fourth-order valence-corrected chi connectivity index (χ4v) is 2.96. The lowest BCUT2D eigenvalue weighted by Crippen LogP contribution is -2.47. The van der Waals surface area contributed by atoms with Gasteiger partial charge in [-0.15, -0.1) is 0 Å². The minimum absolute atomic E-state index is 0.211. The second-order valence-electron chi connectivity index (χ2n) is 4.76. The summed E-state index contributed by atoms with van der Waals surface area (Å²) in [7, 11) is 0. The molecule has 1 aromatic heterocycles. The number of halogens is 3. The average Bonchev–Trinajstić information content (AvgIpc) is 2.51. The third-order valence-electron chi connectivity index (χ3n) is 3.47. The van der Waals surface area contributed by atoms with Crippen molar-refractivity contribution in [1.82, 2.24) is 9.97 Å². The Morgan fingerprint density at radius 3 is 2.33 bits per heavy atom. The molecule has 0 atom stereocenters. The molecular weight excluding hydrogens is 359 g/mol. The zero-order chi connectivity index (χ0) is 14.8. The van der Waals surface area contributed by atoms with Gasteiger partial charge in [-0.2, -0.15) is 4.98 Å². The van der Waals surface area contributed by atoms with Crippen molar-refractivity contribution in [2.24, 2.45) is 0 Å². The zero-order valence-electron chi connectivity index (χ0n) is 11.1. The number of piperazine rings is 1. The molecule has 0 spiro atoms. The van der Waals surface area contributed by atoms with Gasteiger partial charge in [0, 0.05) is 38.1 Å². The normalized spacial score (nSPS) is 15.4. The first kappa shape index (κ1) is 14.5. The van der Waals surface area contributed by atoms with Gasteiger partial charge in [-0.3, -0.25) is 0 Å². The molecule has 7 heteroatoms. The molecule has 1 aliphatic rings. The first-order valence-corrected chi connectivity index (χ1v) is 7.74. The van der Waals surface area contributed by atoms with Gasteiger partial charge in [-0.05, 0) is 51.8 Å². The van der Waals surface area contributed by atoms with E-state index in [0.717, 1.165) is 42.2 Å². The summed E-state index contributed by atoms with van der Waals surface area (Å²) in [4.78, 5) is 12.6. The summed E-state index contributed by atoms with van der Waals surface area (Å²) >= 11 is 9.31. The molecule has 1 aromatic carbocycles. The molecule has 0 aliphatic carbocycles. The first-order chi connectivity index (χ1) is 10.1. The van der Waals surface area contributed by atoms with Crippen molar-refractivity contribution in [3.63, 3.8) is 0 Å². The standard InChI is InChI=1S/C14H13BrClFN4/c15-12-9-18-14(16)19-13(12)21-7-5-20(6-8-21)11-3-1-10(17)2-4-11/h1-4,9H,5-8H2. The molecule has 1 fully saturated rings. The van der Waals surface area contributed by atoms with Gasteiger partial charge >= 0.3 is 0 Å². The lowest BCUT2D eigenvalue weighted by Gasteiger charge is -2.37. The lowest BCUT2D eigenvalue weighted by molar-refractivity contribution is 0.624. The molecule has 0 radical (unpaired) electrons. The van der Waals surface area contributed by atoms with Crippen LogP contribution in [0, 0.1) is 5.82 Å². The molecule has 21 heavy (non-hydrogen) atoms. The second-order valence-corrected chi connectivity index (χ2v) is 5.95. The summed E-state index contributed by atoms with van der Waals surface area (Å²) in [6.45, 7) is 3.34. The van der Waals surface area contributed by atoms with Crippen molar-refractivity contribution in [2.75, 3.05) is 36.0 Å². The highest BCUT2D eigenvalue weighted by Crippen LogP contribution is 2.26. The van der Waals surface area contributed by atoms with Crippen LogP contribution in [0.4, 0.5) is 15.9 Å². The summed E-state index contributed by atoms with van der Waals surface area (Å²) in [5.41, 5.74) is 1.04. The summed E-state index contributed by atoms with van der Waals surface area (Å²) in [5, 5.41) is 0.245. The van der Waals surface area contributed by atoms with Crippen LogP contribution in [-0.2, 0) is 0 Å².